The molecule has 1 aromatic rings. The summed E-state index contributed by atoms with van der Waals surface area (Å²) in [6.45, 7) is 5.67. The van der Waals surface area contributed by atoms with Crippen LogP contribution >= 0.6 is 11.8 Å². The number of aromatic nitrogens is 1. The number of thioether (sulfide) groups is 1. The maximum Gasteiger partial charge on any atom is 0.0812 e. The van der Waals surface area contributed by atoms with Crippen LogP contribution in [-0.4, -0.2) is 20.7 Å². The molecule has 0 spiro atoms. The fourth-order valence-corrected chi connectivity index (χ4v) is 4.83. The normalized spacial score (nSPS) is 30.1. The maximum atomic E-state index is 10.3. The van der Waals surface area contributed by atoms with E-state index in [9.17, 15) is 5.11 Å². The zero-order valence-corrected chi connectivity index (χ0v) is 12.9. The molecule has 2 atom stereocenters. The Morgan fingerprint density at radius 1 is 1.42 bits per heavy atom. The zero-order chi connectivity index (χ0) is 13.5. The maximum absolute atomic E-state index is 10.3. The van der Waals surface area contributed by atoms with Crippen molar-refractivity contribution in [3.8, 4) is 0 Å². The molecule has 0 amide bonds. The summed E-state index contributed by atoms with van der Waals surface area (Å²) < 4.78 is 2.42. The third-order valence-electron chi connectivity index (χ3n) is 4.54. The Hall–Kier alpha value is -0.410. The third-order valence-corrected chi connectivity index (χ3v) is 5.92. The van der Waals surface area contributed by atoms with Crippen LogP contribution in [0.5, 0.6) is 0 Å². The second-order valence-electron chi connectivity index (χ2n) is 6.92. The highest BCUT2D eigenvalue weighted by Crippen LogP contribution is 2.41. The molecule has 2 nitrogen and oxygen atoms in total. The van der Waals surface area contributed by atoms with Crippen LogP contribution in [0.15, 0.2) is 12.3 Å². The number of nitrogens with zero attached hydrogens (tertiary/aromatic N) is 1. The number of fused-ring (bicyclic) bond motifs is 1. The highest BCUT2D eigenvalue weighted by molar-refractivity contribution is 7.99. The summed E-state index contributed by atoms with van der Waals surface area (Å²) in [5.74, 6) is 1.32. The van der Waals surface area contributed by atoms with Crippen LogP contribution in [0, 0.1) is 5.41 Å². The molecule has 1 N–H and O–H groups in total. The van der Waals surface area contributed by atoms with Gasteiger partial charge in [0.1, 0.15) is 0 Å². The van der Waals surface area contributed by atoms with Crippen LogP contribution in [0.2, 0.25) is 0 Å². The molecule has 0 radical (unpaired) electrons. The summed E-state index contributed by atoms with van der Waals surface area (Å²) >= 11 is 2.13. The van der Waals surface area contributed by atoms with E-state index in [1.165, 1.54) is 36.3 Å². The van der Waals surface area contributed by atoms with E-state index in [0.29, 0.717) is 0 Å². The Labute approximate surface area is 120 Å². The van der Waals surface area contributed by atoms with Gasteiger partial charge in [-0.05, 0) is 42.9 Å². The van der Waals surface area contributed by atoms with Crippen molar-refractivity contribution < 1.29 is 5.11 Å². The molecule has 3 rings (SSSR count). The summed E-state index contributed by atoms with van der Waals surface area (Å²) in [7, 11) is 0. The molecule has 2 aliphatic rings. The van der Waals surface area contributed by atoms with E-state index in [-0.39, 0.29) is 11.5 Å². The molecular formula is C16H25NOS. The highest BCUT2D eigenvalue weighted by atomic mass is 32.2. The average molecular weight is 279 g/mol. The molecule has 2 unspecified atom stereocenters. The van der Waals surface area contributed by atoms with Crippen molar-refractivity contribution in [3.63, 3.8) is 0 Å². The minimum absolute atomic E-state index is 0.224. The molecule has 0 aromatic carbocycles. The van der Waals surface area contributed by atoms with Gasteiger partial charge in [0.15, 0.2) is 0 Å². The lowest BCUT2D eigenvalue weighted by Gasteiger charge is -2.34. The summed E-state index contributed by atoms with van der Waals surface area (Å²) in [5.41, 5.74) is 2.79. The van der Waals surface area contributed by atoms with Gasteiger partial charge in [0.2, 0.25) is 0 Å². The molecule has 1 fully saturated rings. The van der Waals surface area contributed by atoms with E-state index < -0.39 is 0 Å². The van der Waals surface area contributed by atoms with Gasteiger partial charge in [-0.25, -0.2) is 0 Å². The van der Waals surface area contributed by atoms with Gasteiger partial charge in [-0.3, -0.25) is 0 Å². The Bertz CT molecular complexity index is 446. The van der Waals surface area contributed by atoms with Crippen molar-refractivity contribution in [2.24, 2.45) is 5.41 Å². The fraction of sp³-hybridized carbons (Fsp3) is 0.750. The SMILES string of the molecule is CC1(C)Cc2c(ccn2CC2CCCCS2)C(O)C1. The predicted molar refractivity (Wildman–Crippen MR) is 81.6 cm³/mol. The summed E-state index contributed by atoms with van der Waals surface area (Å²) in [6.07, 6.45) is 8.05. The smallest absolute Gasteiger partial charge is 0.0812 e. The standard InChI is InChI=1S/C16H25NOS/c1-16(2)9-14-13(15(18)10-16)6-7-17(14)11-12-5-3-4-8-19-12/h6-7,12,15,18H,3-5,8-11H2,1-2H3. The number of hydrogen-bond donors (Lipinski definition) is 1. The van der Waals surface area contributed by atoms with Crippen molar-refractivity contribution in [1.82, 2.24) is 4.57 Å². The van der Waals surface area contributed by atoms with Gasteiger partial charge in [0.25, 0.3) is 0 Å². The predicted octanol–water partition coefficient (Wildman–Crippen LogP) is 3.78. The Morgan fingerprint density at radius 2 is 2.26 bits per heavy atom. The van der Waals surface area contributed by atoms with E-state index >= 15 is 0 Å². The molecule has 1 saturated heterocycles. The second kappa shape index (κ2) is 5.17. The van der Waals surface area contributed by atoms with Gasteiger partial charge in [-0.2, -0.15) is 11.8 Å². The van der Waals surface area contributed by atoms with Crippen molar-refractivity contribution in [1.29, 1.82) is 0 Å². The highest BCUT2D eigenvalue weighted by Gasteiger charge is 2.33. The molecule has 1 aliphatic heterocycles. The number of rotatable bonds is 2. The molecule has 106 valence electrons. The van der Waals surface area contributed by atoms with Crippen LogP contribution in [0.3, 0.4) is 0 Å². The van der Waals surface area contributed by atoms with Gasteiger partial charge in [0.05, 0.1) is 6.10 Å². The first kappa shape index (κ1) is 13.6. The van der Waals surface area contributed by atoms with E-state index in [2.05, 4.69) is 42.4 Å². The van der Waals surface area contributed by atoms with Gasteiger partial charge in [-0.1, -0.05) is 20.3 Å². The Balaban J connectivity index is 1.80. The quantitative estimate of drug-likeness (QED) is 0.891. The van der Waals surface area contributed by atoms with Crippen LogP contribution in [0.4, 0.5) is 0 Å². The monoisotopic (exact) mass is 279 g/mol. The van der Waals surface area contributed by atoms with E-state index in [4.69, 9.17) is 0 Å². The average Bonchev–Trinajstić information content (AvgIpc) is 2.72. The lowest BCUT2D eigenvalue weighted by molar-refractivity contribution is 0.0979. The van der Waals surface area contributed by atoms with Crippen molar-refractivity contribution in [3.05, 3.63) is 23.5 Å². The number of hydrogen-bond acceptors (Lipinski definition) is 2. The summed E-state index contributed by atoms with van der Waals surface area (Å²) in [6, 6.07) is 2.14. The lowest BCUT2D eigenvalue weighted by atomic mass is 9.75. The van der Waals surface area contributed by atoms with E-state index in [1.54, 1.807) is 0 Å². The van der Waals surface area contributed by atoms with Crippen LogP contribution < -0.4 is 0 Å². The Morgan fingerprint density at radius 3 is 3.00 bits per heavy atom. The van der Waals surface area contributed by atoms with E-state index in [1.807, 2.05) is 0 Å². The molecule has 0 saturated carbocycles. The third kappa shape index (κ3) is 2.87. The lowest BCUT2D eigenvalue weighted by Crippen LogP contribution is -2.28. The number of aliphatic hydroxyl groups is 1. The molecule has 1 aromatic heterocycles. The zero-order valence-electron chi connectivity index (χ0n) is 12.1. The summed E-state index contributed by atoms with van der Waals surface area (Å²) in [4.78, 5) is 0. The second-order valence-corrected chi connectivity index (χ2v) is 8.33. The van der Waals surface area contributed by atoms with Crippen molar-refractivity contribution in [2.75, 3.05) is 5.75 Å². The fourth-order valence-electron chi connectivity index (χ4n) is 3.53. The minimum atomic E-state index is -0.265. The van der Waals surface area contributed by atoms with E-state index in [0.717, 1.165) is 24.6 Å². The van der Waals surface area contributed by atoms with Crippen molar-refractivity contribution >= 4 is 11.8 Å². The topological polar surface area (TPSA) is 25.2 Å². The largest absolute Gasteiger partial charge is 0.388 e. The van der Waals surface area contributed by atoms with Crippen LogP contribution in [-0.2, 0) is 13.0 Å². The van der Waals surface area contributed by atoms with Gasteiger partial charge in [0, 0.05) is 29.2 Å². The van der Waals surface area contributed by atoms with Crippen LogP contribution in [0.25, 0.3) is 0 Å². The number of aliphatic hydroxyl groups excluding tert-OH is 1. The van der Waals surface area contributed by atoms with Gasteiger partial charge < -0.3 is 9.67 Å². The minimum Gasteiger partial charge on any atom is -0.388 e. The van der Waals surface area contributed by atoms with Crippen molar-refractivity contribution in [2.45, 2.75) is 63.9 Å². The first-order valence-corrected chi connectivity index (χ1v) is 8.58. The summed E-state index contributed by atoms with van der Waals surface area (Å²) in [5, 5.41) is 11.1. The van der Waals surface area contributed by atoms with Gasteiger partial charge in [-0.15, -0.1) is 0 Å². The molecule has 0 bridgehead atoms. The molecule has 3 heteroatoms. The first-order chi connectivity index (χ1) is 9.05. The van der Waals surface area contributed by atoms with Crippen LogP contribution in [0.1, 0.15) is 56.9 Å². The molecular weight excluding hydrogens is 254 g/mol. The van der Waals surface area contributed by atoms with Gasteiger partial charge >= 0.3 is 0 Å². The first-order valence-electron chi connectivity index (χ1n) is 7.53. The Kier molecular flexibility index (Phi) is 3.69. The molecule has 19 heavy (non-hydrogen) atoms. The molecule has 1 aliphatic carbocycles. The molecule has 2 heterocycles.